The molecule has 1 aromatic heterocycles. The van der Waals surface area contributed by atoms with Crippen LogP contribution in [0.5, 0.6) is 5.75 Å². The van der Waals surface area contributed by atoms with Crippen LogP contribution in [0.2, 0.25) is 0 Å². The summed E-state index contributed by atoms with van der Waals surface area (Å²) in [6.45, 7) is 2.19. The van der Waals surface area contributed by atoms with E-state index in [2.05, 4.69) is 0 Å². The third-order valence-corrected chi connectivity index (χ3v) is 5.75. The fraction of sp³-hybridized carbons (Fsp3) is 0.353. The summed E-state index contributed by atoms with van der Waals surface area (Å²) in [4.78, 5) is 11.4. The quantitative estimate of drug-likeness (QED) is 0.809. The second-order valence-corrected chi connectivity index (χ2v) is 7.96. The van der Waals surface area contributed by atoms with E-state index in [1.165, 1.54) is 34.6 Å². The summed E-state index contributed by atoms with van der Waals surface area (Å²) in [5, 5.41) is 0. The number of rotatable bonds is 5. The number of benzene rings is 1. The van der Waals surface area contributed by atoms with Crippen molar-refractivity contribution in [1.82, 2.24) is 4.31 Å². The second kappa shape index (κ2) is 6.97. The fourth-order valence-electron chi connectivity index (χ4n) is 2.77. The highest BCUT2D eigenvalue weighted by Crippen LogP contribution is 2.22. The lowest BCUT2D eigenvalue weighted by atomic mass is 10.2. The molecule has 1 aromatic carbocycles. The van der Waals surface area contributed by atoms with Crippen molar-refractivity contribution in [3.8, 4) is 5.75 Å². The Kier molecular flexibility index (Phi) is 4.91. The molecule has 0 bridgehead atoms. The van der Waals surface area contributed by atoms with Crippen LogP contribution >= 0.6 is 0 Å². The van der Waals surface area contributed by atoms with Gasteiger partial charge in [0, 0.05) is 12.6 Å². The molecule has 134 valence electrons. The first-order valence-electron chi connectivity index (χ1n) is 7.82. The first-order chi connectivity index (χ1) is 11.8. The smallest absolute Gasteiger partial charge is 0.339 e. The average molecular weight is 367 g/mol. The molecule has 0 saturated carbocycles. The van der Waals surface area contributed by atoms with Gasteiger partial charge in [0.15, 0.2) is 0 Å². The molecule has 2 heterocycles. The molecule has 6 nitrogen and oxygen atoms in total. The van der Waals surface area contributed by atoms with Gasteiger partial charge in [0.2, 0.25) is 10.0 Å². The molecule has 3 rings (SSSR count). The van der Waals surface area contributed by atoms with E-state index < -0.39 is 21.5 Å². The summed E-state index contributed by atoms with van der Waals surface area (Å²) < 4.78 is 49.9. The lowest BCUT2D eigenvalue weighted by molar-refractivity contribution is 0.213. The van der Waals surface area contributed by atoms with Gasteiger partial charge in [-0.15, -0.1) is 0 Å². The van der Waals surface area contributed by atoms with Crippen molar-refractivity contribution in [3.63, 3.8) is 0 Å². The first kappa shape index (κ1) is 17.6. The Morgan fingerprint density at radius 1 is 1.28 bits per heavy atom. The normalized spacial score (nSPS) is 18.4. The molecule has 1 unspecified atom stereocenters. The number of sulfonamides is 1. The van der Waals surface area contributed by atoms with Crippen molar-refractivity contribution in [2.75, 3.05) is 13.1 Å². The Morgan fingerprint density at radius 2 is 2.00 bits per heavy atom. The van der Waals surface area contributed by atoms with E-state index in [9.17, 15) is 17.6 Å². The zero-order chi connectivity index (χ0) is 18.0. The predicted octanol–water partition coefficient (Wildman–Crippen LogP) is 2.07. The van der Waals surface area contributed by atoms with Crippen LogP contribution in [0.15, 0.2) is 45.6 Å². The van der Waals surface area contributed by atoms with Crippen LogP contribution < -0.4 is 10.4 Å². The Balaban J connectivity index is 1.65. The van der Waals surface area contributed by atoms with Crippen LogP contribution in [0.3, 0.4) is 0 Å². The summed E-state index contributed by atoms with van der Waals surface area (Å²) in [5.41, 5.74) is 0.0239. The number of hydrogen-bond donors (Lipinski definition) is 0. The van der Waals surface area contributed by atoms with Crippen LogP contribution in [0.4, 0.5) is 4.39 Å². The third kappa shape index (κ3) is 4.46. The molecular weight excluding hydrogens is 349 g/mol. The zero-order valence-electron chi connectivity index (χ0n) is 13.6. The molecular formula is C17H18FNO5S. The second-order valence-electron chi connectivity index (χ2n) is 5.99. The van der Waals surface area contributed by atoms with E-state index in [-0.39, 0.29) is 18.4 Å². The minimum absolute atomic E-state index is 0.186. The van der Waals surface area contributed by atoms with Crippen LogP contribution in [0, 0.1) is 12.7 Å². The number of nitrogens with zero attached hydrogens (tertiary/aromatic N) is 1. The van der Waals surface area contributed by atoms with E-state index >= 15 is 0 Å². The van der Waals surface area contributed by atoms with Gasteiger partial charge in [-0.3, -0.25) is 0 Å². The van der Waals surface area contributed by atoms with Gasteiger partial charge < -0.3 is 9.15 Å². The topological polar surface area (TPSA) is 76.8 Å². The predicted molar refractivity (Wildman–Crippen MR) is 89.3 cm³/mol. The molecule has 1 aliphatic rings. The van der Waals surface area contributed by atoms with E-state index in [4.69, 9.17) is 9.15 Å². The van der Waals surface area contributed by atoms with Crippen LogP contribution in [0.25, 0.3) is 0 Å². The van der Waals surface area contributed by atoms with Crippen LogP contribution in [-0.4, -0.2) is 31.9 Å². The lowest BCUT2D eigenvalue weighted by Gasteiger charge is -2.17. The fourth-order valence-corrected chi connectivity index (χ4v) is 4.34. The number of halogens is 1. The Bertz CT molecular complexity index is 907. The van der Waals surface area contributed by atoms with Gasteiger partial charge in [0.05, 0.1) is 18.4 Å². The highest BCUT2D eigenvalue weighted by molar-refractivity contribution is 7.88. The standard InChI is InChI=1S/C17H18FNO5S/c1-12-8-16(9-17(20)23-12)24-15-6-7-19(10-15)25(21,22)11-13-2-4-14(18)5-3-13/h2-5,8-9,15H,6-7,10-11H2,1H3. The Hall–Kier alpha value is -2.19. The molecule has 2 aromatic rings. The molecule has 0 N–H and O–H groups in total. The highest BCUT2D eigenvalue weighted by Gasteiger charge is 2.32. The van der Waals surface area contributed by atoms with Crippen LogP contribution in [0.1, 0.15) is 17.7 Å². The molecule has 8 heteroatoms. The van der Waals surface area contributed by atoms with Gasteiger partial charge in [0.1, 0.15) is 23.4 Å². The summed E-state index contributed by atoms with van der Waals surface area (Å²) >= 11 is 0. The van der Waals surface area contributed by atoms with Crippen molar-refractivity contribution in [3.05, 3.63) is 64.0 Å². The summed E-state index contributed by atoms with van der Waals surface area (Å²) in [5.74, 6) is 0.213. The molecule has 0 radical (unpaired) electrons. The van der Waals surface area contributed by atoms with Crippen molar-refractivity contribution in [1.29, 1.82) is 0 Å². The van der Waals surface area contributed by atoms with Crippen molar-refractivity contribution in [2.45, 2.75) is 25.2 Å². The highest BCUT2D eigenvalue weighted by atomic mass is 32.2. The largest absolute Gasteiger partial charge is 0.489 e. The Labute approximate surface area is 144 Å². The zero-order valence-corrected chi connectivity index (χ0v) is 14.5. The average Bonchev–Trinajstić information content (AvgIpc) is 2.98. The summed E-state index contributed by atoms with van der Waals surface area (Å²) in [6, 6.07) is 8.24. The van der Waals surface area contributed by atoms with Crippen molar-refractivity contribution < 1.29 is 22.0 Å². The van der Waals surface area contributed by atoms with E-state index in [1.807, 2.05) is 0 Å². The van der Waals surface area contributed by atoms with Gasteiger partial charge in [-0.2, -0.15) is 4.31 Å². The maximum absolute atomic E-state index is 12.9. The molecule has 1 aliphatic heterocycles. The van der Waals surface area contributed by atoms with Gasteiger partial charge >= 0.3 is 5.63 Å². The summed E-state index contributed by atoms with van der Waals surface area (Å²) in [7, 11) is -3.52. The number of hydrogen-bond acceptors (Lipinski definition) is 5. The summed E-state index contributed by atoms with van der Waals surface area (Å²) in [6.07, 6.45) is 0.200. The van der Waals surface area contributed by atoms with E-state index in [0.717, 1.165) is 0 Å². The minimum Gasteiger partial charge on any atom is -0.489 e. The number of aryl methyl sites for hydroxylation is 1. The van der Waals surface area contributed by atoms with Gasteiger partial charge in [-0.05, 0) is 31.0 Å². The lowest BCUT2D eigenvalue weighted by Crippen LogP contribution is -2.32. The van der Waals surface area contributed by atoms with Gasteiger partial charge in [-0.1, -0.05) is 12.1 Å². The van der Waals surface area contributed by atoms with E-state index in [1.54, 1.807) is 13.0 Å². The van der Waals surface area contributed by atoms with Crippen molar-refractivity contribution >= 4 is 10.0 Å². The van der Waals surface area contributed by atoms with E-state index in [0.29, 0.717) is 30.0 Å². The number of ether oxygens (including phenoxy) is 1. The third-order valence-electron chi connectivity index (χ3n) is 3.93. The van der Waals surface area contributed by atoms with Crippen LogP contribution in [-0.2, 0) is 15.8 Å². The molecule has 0 amide bonds. The maximum Gasteiger partial charge on any atom is 0.339 e. The maximum atomic E-state index is 12.9. The molecule has 1 fully saturated rings. The molecule has 0 aliphatic carbocycles. The molecule has 0 spiro atoms. The molecule has 1 saturated heterocycles. The SMILES string of the molecule is Cc1cc(OC2CCN(S(=O)(=O)Cc3ccc(F)cc3)C2)cc(=O)o1. The van der Waals surface area contributed by atoms with Gasteiger partial charge in [-0.25, -0.2) is 17.6 Å². The Morgan fingerprint density at radius 3 is 2.68 bits per heavy atom. The molecule has 25 heavy (non-hydrogen) atoms. The monoisotopic (exact) mass is 367 g/mol. The molecule has 1 atom stereocenters. The van der Waals surface area contributed by atoms with Crippen molar-refractivity contribution in [2.24, 2.45) is 0 Å². The first-order valence-corrected chi connectivity index (χ1v) is 9.43. The minimum atomic E-state index is -3.52. The van der Waals surface area contributed by atoms with Gasteiger partial charge in [0.25, 0.3) is 0 Å².